The predicted molar refractivity (Wildman–Crippen MR) is 240 cm³/mol. The Hall–Kier alpha value is -7.18. The lowest BCUT2D eigenvalue weighted by molar-refractivity contribution is -0.109. The Bertz CT molecular complexity index is 2680. The van der Waals surface area contributed by atoms with Crippen molar-refractivity contribution in [3.05, 3.63) is 214 Å². The molecule has 58 heavy (non-hydrogen) atoms. The minimum absolute atomic E-state index is 0.0662. The van der Waals surface area contributed by atoms with Gasteiger partial charge in [-0.15, -0.1) is 0 Å². The molecule has 274 valence electrons. The van der Waals surface area contributed by atoms with Gasteiger partial charge in [0.05, 0.1) is 0 Å². The Morgan fingerprint density at radius 2 is 0.552 bits per heavy atom. The summed E-state index contributed by atoms with van der Waals surface area (Å²) in [5, 5.41) is 0.132. The molecule has 7 rings (SSSR count). The highest BCUT2D eigenvalue weighted by molar-refractivity contribution is 8.13. The minimum atomic E-state index is 0.0662. The first-order valence-corrected chi connectivity index (χ1v) is 20.1. The first-order valence-electron chi connectivity index (χ1n) is 18.5. The zero-order valence-corrected chi connectivity index (χ0v) is 33.4. The van der Waals surface area contributed by atoms with Crippen LogP contribution in [0.1, 0.15) is 58.4 Å². The predicted octanol–water partition coefficient (Wildman–Crippen LogP) is 11.9. The first kappa shape index (κ1) is 39.1. The Morgan fingerprint density at radius 3 is 0.845 bits per heavy atom. The van der Waals surface area contributed by atoms with Gasteiger partial charge in [-0.2, -0.15) is 0 Å². The molecule has 0 amide bonds. The van der Waals surface area contributed by atoms with Crippen LogP contribution in [0.4, 0.5) is 0 Å². The fourth-order valence-corrected chi connectivity index (χ4v) is 7.04. The van der Waals surface area contributed by atoms with Crippen LogP contribution in [0, 0.1) is 47.4 Å². The normalized spacial score (nSPS) is 9.97. The Morgan fingerprint density at radius 1 is 0.310 bits per heavy atom. The highest BCUT2D eigenvalue weighted by Crippen LogP contribution is 2.28. The second-order valence-electron chi connectivity index (χ2n) is 13.1. The lowest BCUT2D eigenvalue weighted by Gasteiger charge is -2.07. The SMILES string of the molecule is CC(=O)Sc1ccc(C#Cc2ccc(C#Cc3cccc(-c4cccc(-c5cccc(C#Cc6ccc(C#Cc7ccc(SC(C)=O)cc7)cc6)c5)c4)c3)cc2)cc1. The summed E-state index contributed by atoms with van der Waals surface area (Å²) >= 11 is 2.43. The van der Waals surface area contributed by atoms with Gasteiger partial charge in [0.2, 0.25) is 0 Å². The number of thioether (sulfide) groups is 2. The Labute approximate surface area is 349 Å². The molecule has 0 aliphatic heterocycles. The van der Waals surface area contributed by atoms with Gasteiger partial charge in [0.1, 0.15) is 0 Å². The van der Waals surface area contributed by atoms with Crippen LogP contribution in [0.3, 0.4) is 0 Å². The molecule has 0 atom stereocenters. The van der Waals surface area contributed by atoms with E-state index in [2.05, 4.69) is 95.9 Å². The molecule has 0 aliphatic rings. The van der Waals surface area contributed by atoms with Crippen LogP contribution in [0.15, 0.2) is 180 Å². The van der Waals surface area contributed by atoms with Crippen LogP contribution in [0.2, 0.25) is 0 Å². The lowest BCUT2D eigenvalue weighted by Crippen LogP contribution is -1.84. The van der Waals surface area contributed by atoms with Crippen molar-refractivity contribution in [2.24, 2.45) is 0 Å². The third-order valence-electron chi connectivity index (χ3n) is 8.66. The summed E-state index contributed by atoms with van der Waals surface area (Å²) in [5.74, 6) is 26.0. The molecule has 0 bridgehead atoms. The van der Waals surface area contributed by atoms with Crippen LogP contribution < -0.4 is 0 Å². The number of rotatable bonds is 4. The van der Waals surface area contributed by atoms with E-state index in [4.69, 9.17) is 0 Å². The minimum Gasteiger partial charge on any atom is -0.287 e. The zero-order chi connectivity index (χ0) is 40.1. The summed E-state index contributed by atoms with van der Waals surface area (Å²) in [6.45, 7) is 3.12. The van der Waals surface area contributed by atoms with Gasteiger partial charge >= 0.3 is 0 Å². The summed E-state index contributed by atoms with van der Waals surface area (Å²) < 4.78 is 0. The average Bonchev–Trinajstić information content (AvgIpc) is 3.25. The molecule has 4 heteroatoms. The molecule has 7 aromatic rings. The molecule has 7 aromatic carbocycles. The van der Waals surface area contributed by atoms with Crippen molar-refractivity contribution in [3.63, 3.8) is 0 Å². The highest BCUT2D eigenvalue weighted by Gasteiger charge is 2.04. The fourth-order valence-electron chi connectivity index (χ4n) is 5.83. The Kier molecular flexibility index (Phi) is 12.9. The monoisotopic (exact) mass is 778 g/mol. The third-order valence-corrected chi connectivity index (χ3v) is 10.3. The van der Waals surface area contributed by atoms with Gasteiger partial charge < -0.3 is 0 Å². The second kappa shape index (κ2) is 19.1. The number of benzene rings is 7. The number of carbonyl (C=O) groups is 2. The maximum Gasteiger partial charge on any atom is 0.190 e. The van der Waals surface area contributed by atoms with E-state index in [9.17, 15) is 9.59 Å². The van der Waals surface area contributed by atoms with E-state index >= 15 is 0 Å². The van der Waals surface area contributed by atoms with Crippen LogP contribution in [0.25, 0.3) is 22.3 Å². The molecule has 0 aliphatic carbocycles. The van der Waals surface area contributed by atoms with Crippen molar-refractivity contribution in [1.29, 1.82) is 0 Å². The molecule has 0 N–H and O–H groups in total. The van der Waals surface area contributed by atoms with Crippen LogP contribution >= 0.6 is 23.5 Å². The Balaban J connectivity index is 0.988. The molecular weight excluding hydrogens is 745 g/mol. The van der Waals surface area contributed by atoms with Crippen LogP contribution in [-0.2, 0) is 9.59 Å². The summed E-state index contributed by atoms with van der Waals surface area (Å²) in [6.07, 6.45) is 0. The molecule has 0 spiro atoms. The fraction of sp³-hybridized carbons (Fsp3) is 0.0370. The van der Waals surface area contributed by atoms with Gasteiger partial charge in [0, 0.05) is 68.1 Å². The average molecular weight is 779 g/mol. The summed E-state index contributed by atoms with van der Waals surface area (Å²) in [7, 11) is 0. The van der Waals surface area contributed by atoms with Gasteiger partial charge in [-0.25, -0.2) is 0 Å². The van der Waals surface area contributed by atoms with Crippen LogP contribution in [0.5, 0.6) is 0 Å². The number of hydrogen-bond acceptors (Lipinski definition) is 4. The van der Waals surface area contributed by atoms with Gasteiger partial charge in [0.15, 0.2) is 10.2 Å². The molecule has 0 unspecified atom stereocenters. The van der Waals surface area contributed by atoms with E-state index < -0.39 is 0 Å². The summed E-state index contributed by atoms with van der Waals surface area (Å²) in [5.41, 5.74) is 11.7. The standard InChI is InChI=1S/C54H34O2S2/c1-39(55)57-53-32-28-45(29-33-53)22-20-41-12-16-43(17-13-41)24-26-47-6-3-8-49(36-47)51-10-5-11-52(38-51)50-9-4-7-48(37-50)27-25-44-18-14-42(15-19-44)21-23-46-30-34-54(35-31-46)58-40(2)56/h3-19,28-38H,1-2H3. The zero-order valence-electron chi connectivity index (χ0n) is 31.8. The van der Waals surface area contributed by atoms with Gasteiger partial charge in [-0.3, -0.25) is 9.59 Å². The van der Waals surface area contributed by atoms with Gasteiger partial charge in [-0.05, 0) is 150 Å². The number of hydrogen-bond donors (Lipinski definition) is 0. The largest absolute Gasteiger partial charge is 0.287 e. The molecule has 0 saturated carbocycles. The second-order valence-corrected chi connectivity index (χ2v) is 15.6. The molecule has 0 radical (unpaired) electrons. The molecule has 0 aromatic heterocycles. The lowest BCUT2D eigenvalue weighted by atomic mass is 9.97. The van der Waals surface area contributed by atoms with E-state index in [1.54, 1.807) is 13.8 Å². The van der Waals surface area contributed by atoms with Gasteiger partial charge in [0.25, 0.3) is 0 Å². The molecule has 0 saturated heterocycles. The maximum absolute atomic E-state index is 11.3. The van der Waals surface area contributed by atoms with E-state index in [-0.39, 0.29) is 10.2 Å². The molecule has 0 fully saturated rings. The molecule has 0 heterocycles. The van der Waals surface area contributed by atoms with E-state index in [1.165, 1.54) is 23.5 Å². The highest BCUT2D eigenvalue weighted by atomic mass is 32.2. The molecular formula is C54H34O2S2. The van der Waals surface area contributed by atoms with E-state index in [1.807, 2.05) is 121 Å². The van der Waals surface area contributed by atoms with E-state index in [0.29, 0.717) is 0 Å². The smallest absolute Gasteiger partial charge is 0.190 e. The summed E-state index contributed by atoms with van der Waals surface area (Å²) in [4.78, 5) is 24.5. The van der Waals surface area contributed by atoms with Crippen molar-refractivity contribution < 1.29 is 9.59 Å². The van der Waals surface area contributed by atoms with Crippen molar-refractivity contribution in [1.82, 2.24) is 0 Å². The first-order chi connectivity index (χ1) is 28.3. The van der Waals surface area contributed by atoms with Crippen LogP contribution in [-0.4, -0.2) is 10.2 Å². The quantitative estimate of drug-likeness (QED) is 0.132. The third kappa shape index (κ3) is 11.4. The van der Waals surface area contributed by atoms with E-state index in [0.717, 1.165) is 76.6 Å². The van der Waals surface area contributed by atoms with Crippen molar-refractivity contribution >= 4 is 33.8 Å². The summed E-state index contributed by atoms with van der Waals surface area (Å²) in [6, 6.07) is 56.4. The maximum atomic E-state index is 11.3. The van der Waals surface area contributed by atoms with Crippen molar-refractivity contribution in [2.45, 2.75) is 23.6 Å². The number of carbonyl (C=O) groups excluding carboxylic acids is 2. The topological polar surface area (TPSA) is 34.1 Å². The van der Waals surface area contributed by atoms with Gasteiger partial charge in [-0.1, -0.05) is 113 Å². The molecule has 2 nitrogen and oxygen atoms in total. The van der Waals surface area contributed by atoms with Crippen molar-refractivity contribution in [2.75, 3.05) is 0 Å². The van der Waals surface area contributed by atoms with Crippen molar-refractivity contribution in [3.8, 4) is 69.6 Å².